The number of methoxy groups -OCH3 is 1. The molecule has 5 nitrogen and oxygen atoms in total. The molecule has 0 bridgehead atoms. The molecule has 0 aromatic carbocycles. The zero-order valence-corrected chi connectivity index (χ0v) is 15.1. The second-order valence-corrected chi connectivity index (χ2v) is 6.81. The molecule has 0 aromatic rings. The number of carbonyl (C=O) groups excluding carboxylic acids is 1. The van der Waals surface area contributed by atoms with Crippen molar-refractivity contribution in [2.24, 2.45) is 0 Å². The predicted octanol–water partition coefficient (Wildman–Crippen LogP) is 1.56. The maximum Gasteiger partial charge on any atom is 0.252 e. The zero-order chi connectivity index (χ0) is 15.3. The average molecular weight is 334 g/mol. The Morgan fingerprint density at radius 1 is 1.14 bits per heavy atom. The third kappa shape index (κ3) is 4.13. The normalized spacial score (nSPS) is 23.6. The fourth-order valence-corrected chi connectivity index (χ4v) is 3.75. The summed E-state index contributed by atoms with van der Waals surface area (Å²) in [7, 11) is 5.93. The molecule has 2 aliphatic rings. The van der Waals surface area contributed by atoms with Crippen molar-refractivity contribution in [3.8, 4) is 0 Å². The number of amides is 1. The van der Waals surface area contributed by atoms with Crippen molar-refractivity contribution in [1.29, 1.82) is 0 Å². The summed E-state index contributed by atoms with van der Waals surface area (Å²) in [5.74, 6) is 0.0679. The molecule has 22 heavy (non-hydrogen) atoms. The van der Waals surface area contributed by atoms with Crippen LogP contribution in [-0.4, -0.2) is 62.8 Å². The van der Waals surface area contributed by atoms with Gasteiger partial charge in [0.25, 0.3) is 5.91 Å². The van der Waals surface area contributed by atoms with E-state index in [1.54, 1.807) is 7.11 Å². The number of carbonyl (C=O) groups is 1. The van der Waals surface area contributed by atoms with Crippen molar-refractivity contribution < 1.29 is 9.53 Å². The van der Waals surface area contributed by atoms with Gasteiger partial charge >= 0.3 is 0 Å². The van der Waals surface area contributed by atoms with Gasteiger partial charge in [0.15, 0.2) is 0 Å². The van der Waals surface area contributed by atoms with Gasteiger partial charge in [0.05, 0.1) is 0 Å². The van der Waals surface area contributed by atoms with Crippen LogP contribution in [0.2, 0.25) is 0 Å². The van der Waals surface area contributed by atoms with Crippen LogP contribution in [-0.2, 0) is 9.53 Å². The highest BCUT2D eigenvalue weighted by Crippen LogP contribution is 2.32. The summed E-state index contributed by atoms with van der Waals surface area (Å²) < 4.78 is 5.61. The number of piperidine rings is 1. The van der Waals surface area contributed by atoms with Crippen molar-refractivity contribution in [1.82, 2.24) is 15.5 Å². The maximum atomic E-state index is 12.7. The van der Waals surface area contributed by atoms with Crippen LogP contribution in [0.5, 0.6) is 0 Å². The molecule has 0 radical (unpaired) electrons. The van der Waals surface area contributed by atoms with Crippen LogP contribution in [0, 0.1) is 0 Å². The van der Waals surface area contributed by atoms with Gasteiger partial charge in [0.2, 0.25) is 0 Å². The minimum Gasteiger partial charge on any atom is -0.368 e. The van der Waals surface area contributed by atoms with Crippen LogP contribution in [0.15, 0.2) is 0 Å². The molecule has 0 aromatic heterocycles. The first-order valence-corrected chi connectivity index (χ1v) is 8.26. The topological polar surface area (TPSA) is 53.6 Å². The predicted molar refractivity (Wildman–Crippen MR) is 91.6 cm³/mol. The van der Waals surface area contributed by atoms with Gasteiger partial charge in [0.1, 0.15) is 5.60 Å². The van der Waals surface area contributed by atoms with Gasteiger partial charge < -0.3 is 20.3 Å². The van der Waals surface area contributed by atoms with Gasteiger partial charge in [-0.05, 0) is 52.9 Å². The van der Waals surface area contributed by atoms with E-state index in [0.717, 1.165) is 32.5 Å². The standard InChI is InChI=1S/C16H31N3O2.ClH/c1-19(2)15(7-5-4-6-8-15)13-18-14(20)16(21-3)9-11-17-12-10-16;/h17H,4-13H2,1-3H3,(H,18,20);1H. The summed E-state index contributed by atoms with van der Waals surface area (Å²) in [6.07, 6.45) is 7.68. The summed E-state index contributed by atoms with van der Waals surface area (Å²) in [6, 6.07) is 0. The van der Waals surface area contributed by atoms with E-state index in [9.17, 15) is 4.79 Å². The Labute approximate surface area is 140 Å². The zero-order valence-electron chi connectivity index (χ0n) is 14.2. The molecular formula is C16H32ClN3O2. The van der Waals surface area contributed by atoms with Crippen LogP contribution in [0.25, 0.3) is 0 Å². The van der Waals surface area contributed by atoms with E-state index in [1.807, 2.05) is 0 Å². The number of hydrogen-bond acceptors (Lipinski definition) is 4. The van der Waals surface area contributed by atoms with Crippen LogP contribution >= 0.6 is 12.4 Å². The lowest BCUT2D eigenvalue weighted by atomic mass is 9.80. The number of ether oxygens (including phenoxy) is 1. The Morgan fingerprint density at radius 2 is 1.73 bits per heavy atom. The van der Waals surface area contributed by atoms with Crippen molar-refractivity contribution in [3.05, 3.63) is 0 Å². The lowest BCUT2D eigenvalue weighted by molar-refractivity contribution is -0.147. The summed E-state index contributed by atoms with van der Waals surface area (Å²) in [6.45, 7) is 2.43. The molecule has 130 valence electrons. The van der Waals surface area contributed by atoms with Gasteiger partial charge in [-0.25, -0.2) is 0 Å². The third-order valence-corrected chi connectivity index (χ3v) is 5.53. The molecule has 2 rings (SSSR count). The summed E-state index contributed by atoms with van der Waals surface area (Å²) in [4.78, 5) is 15.0. The molecule has 0 unspecified atom stereocenters. The van der Waals surface area contributed by atoms with Crippen molar-refractivity contribution in [2.75, 3.05) is 40.8 Å². The van der Waals surface area contributed by atoms with E-state index in [0.29, 0.717) is 0 Å². The van der Waals surface area contributed by atoms with Crippen molar-refractivity contribution in [3.63, 3.8) is 0 Å². The lowest BCUT2D eigenvalue weighted by Crippen LogP contribution is -2.59. The Morgan fingerprint density at radius 3 is 2.23 bits per heavy atom. The van der Waals surface area contributed by atoms with Crippen LogP contribution < -0.4 is 10.6 Å². The molecular weight excluding hydrogens is 302 g/mol. The van der Waals surface area contributed by atoms with Crippen molar-refractivity contribution in [2.45, 2.75) is 56.1 Å². The van der Waals surface area contributed by atoms with Gasteiger partial charge in [0, 0.05) is 19.2 Å². The van der Waals surface area contributed by atoms with E-state index < -0.39 is 5.60 Å². The minimum atomic E-state index is -0.632. The summed E-state index contributed by atoms with van der Waals surface area (Å²) in [5.41, 5.74) is -0.511. The average Bonchev–Trinajstić information content (AvgIpc) is 2.54. The highest BCUT2D eigenvalue weighted by Gasteiger charge is 2.41. The molecule has 1 aliphatic carbocycles. The molecule has 1 heterocycles. The molecule has 2 fully saturated rings. The molecule has 2 N–H and O–H groups in total. The number of halogens is 1. The minimum absolute atomic E-state index is 0. The fraction of sp³-hybridized carbons (Fsp3) is 0.938. The van der Waals surface area contributed by atoms with E-state index >= 15 is 0 Å². The van der Waals surface area contributed by atoms with Crippen LogP contribution in [0.3, 0.4) is 0 Å². The highest BCUT2D eigenvalue weighted by molar-refractivity contribution is 5.85. The molecule has 1 amide bonds. The highest BCUT2D eigenvalue weighted by atomic mass is 35.5. The van der Waals surface area contributed by atoms with Gasteiger partial charge in [-0.15, -0.1) is 12.4 Å². The van der Waals surface area contributed by atoms with E-state index in [2.05, 4.69) is 29.6 Å². The Kier molecular flexibility index (Phi) is 7.59. The first-order valence-electron chi connectivity index (χ1n) is 8.26. The molecule has 0 atom stereocenters. The molecule has 1 aliphatic heterocycles. The van der Waals surface area contributed by atoms with Gasteiger partial charge in [-0.2, -0.15) is 0 Å². The summed E-state index contributed by atoms with van der Waals surface area (Å²) in [5, 5.41) is 6.49. The molecule has 6 heteroatoms. The van der Waals surface area contributed by atoms with E-state index in [-0.39, 0.29) is 23.9 Å². The molecule has 1 saturated carbocycles. The van der Waals surface area contributed by atoms with Gasteiger partial charge in [-0.1, -0.05) is 19.3 Å². The maximum absolute atomic E-state index is 12.7. The Hall–Kier alpha value is -0.360. The SMILES string of the molecule is COC1(C(=O)NCC2(N(C)C)CCCCC2)CCNCC1.Cl. The number of nitrogens with zero attached hydrogens (tertiary/aromatic N) is 1. The monoisotopic (exact) mass is 333 g/mol. The first kappa shape index (κ1) is 19.7. The first-order chi connectivity index (χ1) is 10.0. The molecule has 0 spiro atoms. The molecule has 1 saturated heterocycles. The number of hydrogen-bond donors (Lipinski definition) is 2. The second-order valence-electron chi connectivity index (χ2n) is 6.81. The third-order valence-electron chi connectivity index (χ3n) is 5.53. The number of nitrogens with one attached hydrogen (secondary N) is 2. The van der Waals surface area contributed by atoms with Crippen LogP contribution in [0.1, 0.15) is 44.9 Å². The van der Waals surface area contributed by atoms with Crippen molar-refractivity contribution >= 4 is 18.3 Å². The fourth-order valence-electron chi connectivity index (χ4n) is 3.75. The largest absolute Gasteiger partial charge is 0.368 e. The van der Waals surface area contributed by atoms with Gasteiger partial charge in [-0.3, -0.25) is 4.79 Å². The van der Waals surface area contributed by atoms with E-state index in [1.165, 1.54) is 32.1 Å². The quantitative estimate of drug-likeness (QED) is 0.801. The number of likely N-dealkylation sites (N-methyl/N-ethyl adjacent to an activating group) is 1. The Bertz CT molecular complexity index is 351. The smallest absolute Gasteiger partial charge is 0.252 e. The lowest BCUT2D eigenvalue weighted by Gasteiger charge is -2.44. The Balaban J connectivity index is 0.00000242. The summed E-state index contributed by atoms with van der Waals surface area (Å²) >= 11 is 0. The number of rotatable bonds is 5. The second kappa shape index (κ2) is 8.48. The van der Waals surface area contributed by atoms with E-state index in [4.69, 9.17) is 4.74 Å². The van der Waals surface area contributed by atoms with Crippen LogP contribution in [0.4, 0.5) is 0 Å².